The van der Waals surface area contributed by atoms with Crippen molar-refractivity contribution in [3.8, 4) is 5.75 Å². The summed E-state index contributed by atoms with van der Waals surface area (Å²) in [5, 5.41) is 5.43. The number of carbonyl (C=O) groups is 2. The minimum atomic E-state index is -0.580. The maximum atomic E-state index is 12.5. The third-order valence-corrected chi connectivity index (χ3v) is 4.29. The lowest BCUT2D eigenvalue weighted by molar-refractivity contribution is -0.143. The van der Waals surface area contributed by atoms with Crippen LogP contribution in [0, 0.1) is 0 Å². The summed E-state index contributed by atoms with van der Waals surface area (Å²) in [6, 6.07) is 16.3. The number of nitrogens with one attached hydrogen (secondary N) is 2. The fraction of sp³-hybridized carbons (Fsp3) is 0.273. The van der Waals surface area contributed by atoms with Crippen LogP contribution in [-0.4, -0.2) is 18.1 Å². The van der Waals surface area contributed by atoms with Gasteiger partial charge in [-0.2, -0.15) is 0 Å². The zero-order valence-electron chi connectivity index (χ0n) is 16.2. The molecule has 6 heteroatoms. The molecule has 28 heavy (non-hydrogen) atoms. The number of carbonyl (C=O) groups excluding carboxylic acids is 2. The molecular formula is C22H24N2O4. The van der Waals surface area contributed by atoms with E-state index in [-0.39, 0.29) is 12.1 Å². The topological polar surface area (TPSA) is 76.7 Å². The molecule has 3 rings (SSSR count). The maximum absolute atomic E-state index is 12.5. The molecule has 2 amide bonds. The predicted molar refractivity (Wildman–Crippen MR) is 106 cm³/mol. The Labute approximate surface area is 164 Å². The van der Waals surface area contributed by atoms with Crippen LogP contribution in [0.3, 0.4) is 0 Å². The quantitative estimate of drug-likeness (QED) is 0.747. The van der Waals surface area contributed by atoms with Crippen molar-refractivity contribution in [1.29, 1.82) is 0 Å². The van der Waals surface area contributed by atoms with Gasteiger partial charge in [0.25, 0.3) is 0 Å². The van der Waals surface area contributed by atoms with Crippen LogP contribution in [0.4, 0.5) is 4.79 Å². The lowest BCUT2D eigenvalue weighted by Crippen LogP contribution is -2.45. The van der Waals surface area contributed by atoms with Crippen LogP contribution in [0.15, 0.2) is 65.9 Å². The number of rotatable bonds is 6. The molecule has 0 unspecified atom stereocenters. The Bertz CT molecular complexity index is 873. The highest BCUT2D eigenvalue weighted by Gasteiger charge is 2.32. The van der Waals surface area contributed by atoms with E-state index in [1.54, 1.807) is 20.8 Å². The van der Waals surface area contributed by atoms with Gasteiger partial charge in [-0.25, -0.2) is 9.59 Å². The van der Waals surface area contributed by atoms with Crippen LogP contribution in [0.5, 0.6) is 5.75 Å². The molecular weight excluding hydrogens is 356 g/mol. The lowest BCUT2D eigenvalue weighted by atomic mass is 9.95. The third-order valence-electron chi connectivity index (χ3n) is 4.29. The minimum absolute atomic E-state index is 0.250. The Hall–Kier alpha value is -3.28. The standard InChI is InChI=1S/C22H24N2O4/c1-14(2)28-21(25)19-15(3)23-22(26)24-20(19)17-9-11-18(12-10-17)27-13-16-7-5-4-6-8-16/h4-12,14,20H,13H2,1-3H3,(H2,23,24,26)/t20-/m1/s1. The normalized spacial score (nSPS) is 16.4. The highest BCUT2D eigenvalue weighted by atomic mass is 16.5. The molecule has 2 N–H and O–H groups in total. The number of amides is 2. The van der Waals surface area contributed by atoms with E-state index in [4.69, 9.17) is 9.47 Å². The molecule has 0 spiro atoms. The summed E-state index contributed by atoms with van der Waals surface area (Å²) in [7, 11) is 0. The first-order chi connectivity index (χ1) is 13.4. The third kappa shape index (κ3) is 4.71. The second-order valence-electron chi connectivity index (χ2n) is 6.87. The zero-order chi connectivity index (χ0) is 20.1. The van der Waals surface area contributed by atoms with E-state index in [1.165, 1.54) is 0 Å². The van der Waals surface area contributed by atoms with Crippen LogP contribution >= 0.6 is 0 Å². The second kappa shape index (κ2) is 8.61. The number of esters is 1. The van der Waals surface area contributed by atoms with E-state index in [9.17, 15) is 9.59 Å². The summed E-state index contributed by atoms with van der Waals surface area (Å²) in [5.41, 5.74) is 2.74. The van der Waals surface area contributed by atoms with Crippen molar-refractivity contribution in [2.75, 3.05) is 0 Å². The minimum Gasteiger partial charge on any atom is -0.489 e. The zero-order valence-corrected chi connectivity index (χ0v) is 16.2. The van der Waals surface area contributed by atoms with E-state index in [1.807, 2.05) is 54.6 Å². The van der Waals surface area contributed by atoms with E-state index < -0.39 is 12.0 Å². The highest BCUT2D eigenvalue weighted by molar-refractivity contribution is 5.95. The fourth-order valence-corrected chi connectivity index (χ4v) is 2.99. The van der Waals surface area contributed by atoms with Crippen LogP contribution in [0.25, 0.3) is 0 Å². The van der Waals surface area contributed by atoms with Crippen molar-refractivity contribution in [2.45, 2.75) is 39.5 Å². The molecule has 6 nitrogen and oxygen atoms in total. The number of hydrogen-bond donors (Lipinski definition) is 2. The summed E-state index contributed by atoms with van der Waals surface area (Å²) in [6.45, 7) is 5.74. The Kier molecular flexibility index (Phi) is 5.99. The number of benzene rings is 2. The van der Waals surface area contributed by atoms with Crippen LogP contribution in [0.1, 0.15) is 37.9 Å². The molecule has 0 aromatic heterocycles. The molecule has 2 aromatic rings. The molecule has 1 atom stereocenters. The Morgan fingerprint density at radius 2 is 1.75 bits per heavy atom. The van der Waals surface area contributed by atoms with Gasteiger partial charge in [0, 0.05) is 5.70 Å². The smallest absolute Gasteiger partial charge is 0.338 e. The molecule has 0 fully saturated rings. The van der Waals surface area contributed by atoms with Gasteiger partial charge >= 0.3 is 12.0 Å². The lowest BCUT2D eigenvalue weighted by Gasteiger charge is -2.28. The first kappa shape index (κ1) is 19.5. The summed E-state index contributed by atoms with van der Waals surface area (Å²) in [6.07, 6.45) is -0.250. The Balaban J connectivity index is 1.77. The Morgan fingerprint density at radius 1 is 1.07 bits per heavy atom. The van der Waals surface area contributed by atoms with E-state index >= 15 is 0 Å². The van der Waals surface area contributed by atoms with Crippen molar-refractivity contribution in [3.05, 3.63) is 77.0 Å². The average Bonchev–Trinajstić information content (AvgIpc) is 2.66. The summed E-state index contributed by atoms with van der Waals surface area (Å²) < 4.78 is 11.1. The highest BCUT2D eigenvalue weighted by Crippen LogP contribution is 2.29. The molecule has 1 aliphatic rings. The monoisotopic (exact) mass is 380 g/mol. The summed E-state index contributed by atoms with van der Waals surface area (Å²) >= 11 is 0. The van der Waals surface area contributed by atoms with Gasteiger partial charge in [-0.15, -0.1) is 0 Å². The SMILES string of the molecule is CC1=C(C(=O)OC(C)C)[C@@H](c2ccc(OCc3ccccc3)cc2)NC(=O)N1. The second-order valence-corrected chi connectivity index (χ2v) is 6.87. The van der Waals surface area contributed by atoms with E-state index in [2.05, 4.69) is 10.6 Å². The fourth-order valence-electron chi connectivity index (χ4n) is 2.99. The van der Waals surface area contributed by atoms with E-state index in [0.717, 1.165) is 11.1 Å². The molecule has 0 saturated carbocycles. The molecule has 146 valence electrons. The average molecular weight is 380 g/mol. The molecule has 2 aromatic carbocycles. The van der Waals surface area contributed by atoms with Crippen molar-refractivity contribution in [1.82, 2.24) is 10.6 Å². The molecule has 0 radical (unpaired) electrons. The van der Waals surface area contributed by atoms with Crippen molar-refractivity contribution in [2.24, 2.45) is 0 Å². The summed E-state index contributed by atoms with van der Waals surface area (Å²) in [5.74, 6) is 0.259. The van der Waals surface area contributed by atoms with Crippen molar-refractivity contribution < 1.29 is 19.1 Å². The van der Waals surface area contributed by atoms with Gasteiger partial charge in [-0.05, 0) is 44.0 Å². The molecule has 0 bridgehead atoms. The van der Waals surface area contributed by atoms with Gasteiger partial charge < -0.3 is 20.1 Å². The van der Waals surface area contributed by atoms with E-state index in [0.29, 0.717) is 23.6 Å². The van der Waals surface area contributed by atoms with Crippen molar-refractivity contribution >= 4 is 12.0 Å². The molecule has 1 heterocycles. The van der Waals surface area contributed by atoms with Gasteiger partial charge in [0.2, 0.25) is 0 Å². The van der Waals surface area contributed by atoms with Gasteiger partial charge in [0.15, 0.2) is 0 Å². The van der Waals surface area contributed by atoms with Crippen LogP contribution < -0.4 is 15.4 Å². The van der Waals surface area contributed by atoms with Gasteiger partial charge in [-0.3, -0.25) is 0 Å². The number of ether oxygens (including phenoxy) is 2. The first-order valence-electron chi connectivity index (χ1n) is 9.20. The van der Waals surface area contributed by atoms with Crippen molar-refractivity contribution in [3.63, 3.8) is 0 Å². The van der Waals surface area contributed by atoms with Gasteiger partial charge in [-0.1, -0.05) is 42.5 Å². The summed E-state index contributed by atoms with van der Waals surface area (Å²) in [4.78, 5) is 24.5. The van der Waals surface area contributed by atoms with Crippen LogP contribution in [-0.2, 0) is 16.1 Å². The molecule has 0 aliphatic carbocycles. The van der Waals surface area contributed by atoms with Crippen LogP contribution in [0.2, 0.25) is 0 Å². The first-order valence-corrected chi connectivity index (χ1v) is 9.20. The Morgan fingerprint density at radius 3 is 2.39 bits per heavy atom. The predicted octanol–water partition coefficient (Wildman–Crippen LogP) is 3.85. The van der Waals surface area contributed by atoms with Gasteiger partial charge in [0.1, 0.15) is 12.4 Å². The maximum Gasteiger partial charge on any atom is 0.338 e. The molecule has 0 saturated heterocycles. The van der Waals surface area contributed by atoms with Gasteiger partial charge in [0.05, 0.1) is 17.7 Å². The number of hydrogen-bond acceptors (Lipinski definition) is 4. The number of urea groups is 1. The largest absolute Gasteiger partial charge is 0.489 e. The number of allylic oxidation sites excluding steroid dienone is 1. The molecule has 1 aliphatic heterocycles.